The molecular weight excluding hydrogens is 293 g/mol. The zero-order valence-corrected chi connectivity index (χ0v) is 11.9. The van der Waals surface area contributed by atoms with Gasteiger partial charge in [-0.25, -0.2) is 0 Å². The topological polar surface area (TPSA) is 56.0 Å². The van der Waals surface area contributed by atoms with Crippen LogP contribution in [0.5, 0.6) is 0 Å². The van der Waals surface area contributed by atoms with Crippen LogP contribution in [-0.2, 0) is 12.6 Å². The van der Waals surface area contributed by atoms with Crippen LogP contribution in [-0.4, -0.2) is 10.9 Å². The predicted molar refractivity (Wildman–Crippen MR) is 77.2 cm³/mol. The lowest BCUT2D eigenvalue weighted by Crippen LogP contribution is -2.16. The molecular formula is C16H15F3N2O. The molecule has 1 aromatic carbocycles. The molecule has 0 saturated heterocycles. The summed E-state index contributed by atoms with van der Waals surface area (Å²) in [4.78, 5) is 15.1. The van der Waals surface area contributed by atoms with Gasteiger partial charge in [0.25, 0.3) is 0 Å². The van der Waals surface area contributed by atoms with E-state index in [1.165, 1.54) is 18.2 Å². The number of primary amides is 1. The van der Waals surface area contributed by atoms with Crippen LogP contribution in [0.4, 0.5) is 13.2 Å². The number of rotatable bonds is 4. The first-order chi connectivity index (χ1) is 10.4. The van der Waals surface area contributed by atoms with Crippen LogP contribution in [0, 0.1) is 0 Å². The smallest absolute Gasteiger partial charge is 0.366 e. The number of nitrogens with two attached hydrogens (primary N) is 1. The Morgan fingerprint density at radius 2 is 1.95 bits per heavy atom. The van der Waals surface area contributed by atoms with Crippen molar-refractivity contribution < 1.29 is 18.0 Å². The number of halogens is 3. The third-order valence-electron chi connectivity index (χ3n) is 3.28. The normalized spacial score (nSPS) is 11.5. The number of benzene rings is 1. The van der Waals surface area contributed by atoms with Crippen molar-refractivity contribution in [2.75, 3.05) is 0 Å². The predicted octanol–water partition coefficient (Wildman–Crippen LogP) is 3.82. The number of carbonyl (C=O) groups is 1. The fourth-order valence-electron chi connectivity index (χ4n) is 2.43. The summed E-state index contributed by atoms with van der Waals surface area (Å²) in [6, 6.07) is 7.50. The van der Waals surface area contributed by atoms with Gasteiger partial charge in [-0.3, -0.25) is 9.78 Å². The molecule has 1 aromatic heterocycles. The lowest BCUT2D eigenvalue weighted by Gasteiger charge is -2.17. The van der Waals surface area contributed by atoms with E-state index in [1.54, 1.807) is 12.1 Å². The van der Waals surface area contributed by atoms with Gasteiger partial charge < -0.3 is 5.73 Å². The van der Waals surface area contributed by atoms with Crippen LogP contribution in [0.15, 0.2) is 36.5 Å². The molecule has 0 fully saturated rings. The third kappa shape index (κ3) is 3.10. The number of hydrogen-bond acceptors (Lipinski definition) is 2. The highest BCUT2D eigenvalue weighted by atomic mass is 19.4. The summed E-state index contributed by atoms with van der Waals surface area (Å²) in [5, 5.41) is 0. The second-order valence-corrected chi connectivity index (χ2v) is 4.85. The summed E-state index contributed by atoms with van der Waals surface area (Å²) in [6.45, 7) is 1.91. The SMILES string of the molecule is CCCc1cccc(C(N)=O)c1-c1cccnc1C(F)(F)F. The Labute approximate surface area is 126 Å². The summed E-state index contributed by atoms with van der Waals surface area (Å²) in [5.74, 6) is -0.759. The van der Waals surface area contributed by atoms with E-state index in [1.807, 2.05) is 6.92 Å². The number of amides is 1. The number of carbonyl (C=O) groups excluding carboxylic acids is 1. The Morgan fingerprint density at radius 1 is 1.23 bits per heavy atom. The van der Waals surface area contributed by atoms with Gasteiger partial charge in [-0.05, 0) is 29.7 Å². The van der Waals surface area contributed by atoms with Crippen molar-refractivity contribution in [3.63, 3.8) is 0 Å². The van der Waals surface area contributed by atoms with E-state index in [0.29, 0.717) is 12.0 Å². The van der Waals surface area contributed by atoms with Gasteiger partial charge in [0.1, 0.15) is 0 Å². The van der Waals surface area contributed by atoms with Gasteiger partial charge in [0.15, 0.2) is 5.69 Å². The van der Waals surface area contributed by atoms with Crippen LogP contribution >= 0.6 is 0 Å². The molecule has 22 heavy (non-hydrogen) atoms. The van der Waals surface area contributed by atoms with E-state index in [0.717, 1.165) is 12.6 Å². The van der Waals surface area contributed by atoms with Crippen molar-refractivity contribution in [1.82, 2.24) is 4.98 Å². The molecule has 0 unspecified atom stereocenters. The standard InChI is InChI=1S/C16H15F3N2O/c1-2-5-10-6-3-7-12(15(20)22)13(10)11-8-4-9-21-14(11)16(17,18)19/h3-4,6-9H,2,5H2,1H3,(H2,20,22). The van der Waals surface area contributed by atoms with Gasteiger partial charge in [-0.15, -0.1) is 0 Å². The van der Waals surface area contributed by atoms with E-state index in [4.69, 9.17) is 5.73 Å². The highest BCUT2D eigenvalue weighted by Gasteiger charge is 2.36. The summed E-state index contributed by atoms with van der Waals surface area (Å²) in [7, 11) is 0. The van der Waals surface area contributed by atoms with E-state index in [2.05, 4.69) is 4.98 Å². The first-order valence-electron chi connectivity index (χ1n) is 6.80. The number of aromatic nitrogens is 1. The Hall–Kier alpha value is -2.37. The molecule has 0 aliphatic carbocycles. The summed E-state index contributed by atoms with van der Waals surface area (Å²) in [5.41, 5.74) is 5.15. The molecule has 0 spiro atoms. The van der Waals surface area contributed by atoms with Crippen LogP contribution in [0.3, 0.4) is 0 Å². The van der Waals surface area contributed by atoms with Crippen molar-refractivity contribution in [1.29, 1.82) is 0 Å². The number of nitrogens with zero attached hydrogens (tertiary/aromatic N) is 1. The van der Waals surface area contributed by atoms with Gasteiger partial charge in [0.05, 0.1) is 0 Å². The Morgan fingerprint density at radius 3 is 2.55 bits per heavy atom. The third-order valence-corrected chi connectivity index (χ3v) is 3.28. The lowest BCUT2D eigenvalue weighted by molar-refractivity contribution is -0.140. The van der Waals surface area contributed by atoms with Crippen molar-refractivity contribution >= 4 is 5.91 Å². The van der Waals surface area contributed by atoms with Crippen molar-refractivity contribution in [3.05, 3.63) is 53.3 Å². The largest absolute Gasteiger partial charge is 0.433 e. The molecule has 2 rings (SSSR count). The Balaban J connectivity index is 2.79. The first kappa shape index (κ1) is 16.0. The number of alkyl halides is 3. The zero-order valence-electron chi connectivity index (χ0n) is 11.9. The molecule has 0 atom stereocenters. The van der Waals surface area contributed by atoms with Crippen LogP contribution in [0.2, 0.25) is 0 Å². The fourth-order valence-corrected chi connectivity index (χ4v) is 2.43. The van der Waals surface area contributed by atoms with Gasteiger partial charge in [-0.1, -0.05) is 31.5 Å². The van der Waals surface area contributed by atoms with Crippen molar-refractivity contribution in [3.8, 4) is 11.1 Å². The molecule has 3 nitrogen and oxygen atoms in total. The van der Waals surface area contributed by atoms with Gasteiger partial charge in [0.2, 0.25) is 5.91 Å². The van der Waals surface area contributed by atoms with Crippen LogP contribution in [0.1, 0.15) is 35.0 Å². The summed E-state index contributed by atoms with van der Waals surface area (Å²) >= 11 is 0. The van der Waals surface area contributed by atoms with Crippen LogP contribution < -0.4 is 5.73 Å². The Bertz CT molecular complexity index is 696. The summed E-state index contributed by atoms with van der Waals surface area (Å²) in [6.07, 6.45) is -2.25. The molecule has 0 aliphatic rings. The average Bonchev–Trinajstić information content (AvgIpc) is 2.46. The van der Waals surface area contributed by atoms with E-state index < -0.39 is 17.8 Å². The number of hydrogen-bond donors (Lipinski definition) is 1. The zero-order chi connectivity index (χ0) is 16.3. The molecule has 0 bridgehead atoms. The second-order valence-electron chi connectivity index (χ2n) is 4.85. The molecule has 0 aliphatic heterocycles. The molecule has 1 heterocycles. The minimum absolute atomic E-state index is 0.0736. The first-order valence-corrected chi connectivity index (χ1v) is 6.80. The highest BCUT2D eigenvalue weighted by molar-refractivity contribution is 6.01. The maximum Gasteiger partial charge on any atom is 0.433 e. The van der Waals surface area contributed by atoms with E-state index >= 15 is 0 Å². The van der Waals surface area contributed by atoms with E-state index in [9.17, 15) is 18.0 Å². The monoisotopic (exact) mass is 308 g/mol. The molecule has 0 saturated carbocycles. The molecule has 116 valence electrons. The number of aryl methyl sites for hydroxylation is 1. The Kier molecular flexibility index (Phi) is 4.49. The quantitative estimate of drug-likeness (QED) is 0.933. The maximum absolute atomic E-state index is 13.2. The van der Waals surface area contributed by atoms with Crippen molar-refractivity contribution in [2.24, 2.45) is 5.73 Å². The van der Waals surface area contributed by atoms with E-state index in [-0.39, 0.29) is 16.7 Å². The fraction of sp³-hybridized carbons (Fsp3) is 0.250. The maximum atomic E-state index is 13.2. The lowest BCUT2D eigenvalue weighted by atomic mass is 9.91. The number of pyridine rings is 1. The molecule has 2 aromatic rings. The molecule has 0 radical (unpaired) electrons. The highest BCUT2D eigenvalue weighted by Crippen LogP contribution is 2.38. The minimum atomic E-state index is -4.61. The average molecular weight is 308 g/mol. The van der Waals surface area contributed by atoms with Gasteiger partial charge in [0, 0.05) is 17.3 Å². The van der Waals surface area contributed by atoms with Gasteiger partial charge in [-0.2, -0.15) is 13.2 Å². The molecule has 1 amide bonds. The van der Waals surface area contributed by atoms with Crippen molar-refractivity contribution in [2.45, 2.75) is 25.9 Å². The molecule has 2 N–H and O–H groups in total. The summed E-state index contributed by atoms with van der Waals surface area (Å²) < 4.78 is 39.6. The van der Waals surface area contributed by atoms with Gasteiger partial charge >= 0.3 is 6.18 Å². The van der Waals surface area contributed by atoms with Crippen LogP contribution in [0.25, 0.3) is 11.1 Å². The molecule has 6 heteroatoms. The second kappa shape index (κ2) is 6.17. The minimum Gasteiger partial charge on any atom is -0.366 e.